The van der Waals surface area contributed by atoms with Gasteiger partial charge >= 0.3 is 0 Å². The maximum absolute atomic E-state index is 12.7. The molecule has 1 saturated heterocycles. The minimum Gasteiger partial charge on any atom is -0.343 e. The first-order chi connectivity index (χ1) is 9.12. The van der Waals surface area contributed by atoms with Gasteiger partial charge in [-0.05, 0) is 19.8 Å². The SMILES string of the molecule is CC1C(=O)NC2(CCCC2)C(=O)N1Cc1ncon1. The molecular weight excluding hydrogens is 248 g/mol. The third kappa shape index (κ3) is 1.89. The smallest absolute Gasteiger partial charge is 0.249 e. The molecule has 2 fully saturated rings. The van der Waals surface area contributed by atoms with E-state index < -0.39 is 11.6 Å². The fourth-order valence-corrected chi connectivity index (χ4v) is 2.93. The fourth-order valence-electron chi connectivity index (χ4n) is 2.93. The number of carbonyl (C=O) groups is 2. The minimum atomic E-state index is -0.701. The molecule has 0 radical (unpaired) electrons. The highest BCUT2D eigenvalue weighted by Gasteiger charge is 2.50. The average molecular weight is 264 g/mol. The predicted octanol–water partition coefficient (Wildman–Crippen LogP) is 0.229. The Bertz CT molecular complexity index is 493. The van der Waals surface area contributed by atoms with Gasteiger partial charge in [0.2, 0.25) is 18.2 Å². The van der Waals surface area contributed by atoms with Crippen molar-refractivity contribution < 1.29 is 14.1 Å². The minimum absolute atomic E-state index is 0.0260. The molecule has 2 aliphatic rings. The second-order valence-corrected chi connectivity index (χ2v) is 5.23. The highest BCUT2D eigenvalue weighted by atomic mass is 16.5. The van der Waals surface area contributed by atoms with Crippen molar-refractivity contribution in [3.63, 3.8) is 0 Å². The molecule has 1 aromatic rings. The van der Waals surface area contributed by atoms with Crippen molar-refractivity contribution in [2.45, 2.75) is 50.7 Å². The summed E-state index contributed by atoms with van der Waals surface area (Å²) < 4.78 is 4.67. The third-order valence-electron chi connectivity index (χ3n) is 4.06. The lowest BCUT2D eigenvalue weighted by molar-refractivity contribution is -0.155. The van der Waals surface area contributed by atoms with Gasteiger partial charge in [0.15, 0.2) is 5.82 Å². The van der Waals surface area contributed by atoms with Crippen molar-refractivity contribution in [1.82, 2.24) is 20.4 Å². The average Bonchev–Trinajstić information content (AvgIpc) is 3.04. The summed E-state index contributed by atoms with van der Waals surface area (Å²) in [5.74, 6) is 0.287. The molecular formula is C12H16N4O3. The Labute approximate surface area is 110 Å². The molecule has 3 rings (SSSR count). The lowest BCUT2D eigenvalue weighted by atomic mass is 9.91. The Balaban J connectivity index is 1.87. The van der Waals surface area contributed by atoms with Crippen LogP contribution in [0.1, 0.15) is 38.4 Å². The summed E-state index contributed by atoms with van der Waals surface area (Å²) in [6.07, 6.45) is 4.59. The van der Waals surface area contributed by atoms with Crippen LogP contribution in [0.5, 0.6) is 0 Å². The largest absolute Gasteiger partial charge is 0.343 e. The summed E-state index contributed by atoms with van der Waals surface area (Å²) in [6.45, 7) is 1.93. The van der Waals surface area contributed by atoms with Crippen LogP contribution in [0.2, 0.25) is 0 Å². The van der Waals surface area contributed by atoms with Crippen LogP contribution >= 0.6 is 0 Å². The molecule has 1 atom stereocenters. The van der Waals surface area contributed by atoms with Gasteiger partial charge in [0.25, 0.3) is 0 Å². The van der Waals surface area contributed by atoms with Gasteiger partial charge in [0.1, 0.15) is 11.6 Å². The van der Waals surface area contributed by atoms with Crippen molar-refractivity contribution in [2.24, 2.45) is 0 Å². The van der Waals surface area contributed by atoms with Gasteiger partial charge in [-0.2, -0.15) is 4.98 Å². The van der Waals surface area contributed by atoms with E-state index in [0.717, 1.165) is 12.8 Å². The number of rotatable bonds is 2. The van der Waals surface area contributed by atoms with Gasteiger partial charge in [-0.1, -0.05) is 18.0 Å². The standard InChI is InChI=1S/C12H16N4O3/c1-8-10(17)14-12(4-2-3-5-12)11(18)16(8)6-9-13-7-19-15-9/h7-8H,2-6H2,1H3,(H,14,17). The number of amides is 2. The van der Waals surface area contributed by atoms with Crippen molar-refractivity contribution in [3.05, 3.63) is 12.2 Å². The van der Waals surface area contributed by atoms with Crippen molar-refractivity contribution in [3.8, 4) is 0 Å². The number of aromatic nitrogens is 2. The molecule has 0 bridgehead atoms. The highest BCUT2D eigenvalue weighted by molar-refractivity contribution is 5.99. The van der Waals surface area contributed by atoms with E-state index >= 15 is 0 Å². The number of hydrogen-bond donors (Lipinski definition) is 1. The molecule has 1 saturated carbocycles. The van der Waals surface area contributed by atoms with Crippen LogP contribution in [0.3, 0.4) is 0 Å². The summed E-state index contributed by atoms with van der Waals surface area (Å²) in [7, 11) is 0. The lowest BCUT2D eigenvalue weighted by Gasteiger charge is -2.42. The molecule has 1 aliphatic carbocycles. The second kappa shape index (κ2) is 4.32. The molecule has 2 amide bonds. The molecule has 7 heteroatoms. The molecule has 2 heterocycles. The maximum Gasteiger partial charge on any atom is 0.249 e. The summed E-state index contributed by atoms with van der Waals surface area (Å²) >= 11 is 0. The van der Waals surface area contributed by atoms with Gasteiger partial charge in [-0.25, -0.2) is 0 Å². The number of nitrogens with one attached hydrogen (secondary N) is 1. The third-order valence-corrected chi connectivity index (χ3v) is 4.06. The van der Waals surface area contributed by atoms with E-state index in [4.69, 9.17) is 0 Å². The van der Waals surface area contributed by atoms with E-state index in [0.29, 0.717) is 18.7 Å². The number of piperazine rings is 1. The van der Waals surface area contributed by atoms with E-state index in [1.165, 1.54) is 6.39 Å². The lowest BCUT2D eigenvalue weighted by Crippen LogP contribution is -2.68. The summed E-state index contributed by atoms with van der Waals surface area (Å²) in [5, 5.41) is 6.61. The quantitative estimate of drug-likeness (QED) is 0.826. The van der Waals surface area contributed by atoms with E-state index in [2.05, 4.69) is 20.0 Å². The van der Waals surface area contributed by atoms with Crippen molar-refractivity contribution in [2.75, 3.05) is 0 Å². The molecule has 1 unspecified atom stereocenters. The number of hydrogen-bond acceptors (Lipinski definition) is 5. The summed E-state index contributed by atoms with van der Waals surface area (Å²) in [4.78, 5) is 30.2. The van der Waals surface area contributed by atoms with Crippen LogP contribution in [0.4, 0.5) is 0 Å². The summed E-state index contributed by atoms with van der Waals surface area (Å²) in [5.41, 5.74) is -0.701. The van der Waals surface area contributed by atoms with Crippen molar-refractivity contribution >= 4 is 11.8 Å². The van der Waals surface area contributed by atoms with E-state index in [1.807, 2.05) is 0 Å². The second-order valence-electron chi connectivity index (χ2n) is 5.23. The van der Waals surface area contributed by atoms with Gasteiger partial charge in [-0.15, -0.1) is 0 Å². The number of nitrogens with zero attached hydrogens (tertiary/aromatic N) is 3. The maximum atomic E-state index is 12.7. The van der Waals surface area contributed by atoms with Crippen LogP contribution in [-0.2, 0) is 16.1 Å². The monoisotopic (exact) mass is 264 g/mol. The van der Waals surface area contributed by atoms with E-state index in [1.54, 1.807) is 11.8 Å². The Kier molecular flexibility index (Phi) is 2.76. The molecule has 7 nitrogen and oxygen atoms in total. The Hall–Kier alpha value is -1.92. The Morgan fingerprint density at radius 2 is 2.21 bits per heavy atom. The zero-order chi connectivity index (χ0) is 13.5. The zero-order valence-corrected chi connectivity index (χ0v) is 10.8. The first-order valence-corrected chi connectivity index (χ1v) is 6.51. The predicted molar refractivity (Wildman–Crippen MR) is 63.7 cm³/mol. The molecule has 1 aromatic heterocycles. The summed E-state index contributed by atoms with van der Waals surface area (Å²) in [6, 6.07) is -0.503. The molecule has 1 N–H and O–H groups in total. The first kappa shape index (κ1) is 12.1. The van der Waals surface area contributed by atoms with Gasteiger partial charge in [-0.3, -0.25) is 9.59 Å². The van der Waals surface area contributed by atoms with Crippen LogP contribution in [0, 0.1) is 0 Å². The van der Waals surface area contributed by atoms with Crippen LogP contribution in [0.15, 0.2) is 10.9 Å². The van der Waals surface area contributed by atoms with Crippen LogP contribution < -0.4 is 5.32 Å². The normalized spacial score (nSPS) is 25.9. The van der Waals surface area contributed by atoms with Gasteiger partial charge in [0.05, 0.1) is 6.54 Å². The molecule has 102 valence electrons. The van der Waals surface area contributed by atoms with Gasteiger partial charge in [0, 0.05) is 0 Å². The van der Waals surface area contributed by atoms with Gasteiger partial charge < -0.3 is 14.7 Å². The van der Waals surface area contributed by atoms with Crippen molar-refractivity contribution in [1.29, 1.82) is 0 Å². The Morgan fingerprint density at radius 3 is 2.84 bits per heavy atom. The zero-order valence-electron chi connectivity index (χ0n) is 10.8. The highest BCUT2D eigenvalue weighted by Crippen LogP contribution is 2.34. The molecule has 0 aromatic carbocycles. The first-order valence-electron chi connectivity index (χ1n) is 6.51. The van der Waals surface area contributed by atoms with Crippen LogP contribution in [0.25, 0.3) is 0 Å². The van der Waals surface area contributed by atoms with E-state index in [9.17, 15) is 9.59 Å². The molecule has 1 aliphatic heterocycles. The molecule has 1 spiro atoms. The van der Waals surface area contributed by atoms with Crippen LogP contribution in [-0.4, -0.2) is 38.4 Å². The fraction of sp³-hybridized carbons (Fsp3) is 0.667. The topological polar surface area (TPSA) is 88.3 Å². The van der Waals surface area contributed by atoms with E-state index in [-0.39, 0.29) is 18.4 Å². The molecule has 19 heavy (non-hydrogen) atoms. The number of carbonyl (C=O) groups excluding carboxylic acids is 2. The Morgan fingerprint density at radius 1 is 1.47 bits per heavy atom.